The van der Waals surface area contributed by atoms with E-state index in [9.17, 15) is 4.79 Å². The van der Waals surface area contributed by atoms with Crippen molar-refractivity contribution in [2.45, 2.75) is 0 Å². The lowest BCUT2D eigenvalue weighted by Crippen LogP contribution is -2.16. The second kappa shape index (κ2) is 6.15. The maximum absolute atomic E-state index is 11.8. The van der Waals surface area contributed by atoms with Crippen LogP contribution in [0.15, 0.2) is 60.2 Å². The van der Waals surface area contributed by atoms with Gasteiger partial charge in [-0.25, -0.2) is 9.78 Å². The number of aromatic nitrogens is 2. The summed E-state index contributed by atoms with van der Waals surface area (Å²) in [6.45, 7) is 0. The molecule has 1 amide bonds. The number of benzene rings is 1. The number of rotatable bonds is 3. The highest BCUT2D eigenvalue weighted by Crippen LogP contribution is 2.24. The summed E-state index contributed by atoms with van der Waals surface area (Å²) in [5.74, 6) is 0.487. The summed E-state index contributed by atoms with van der Waals surface area (Å²) in [5, 5.41) is 4.97. The van der Waals surface area contributed by atoms with E-state index >= 15 is 0 Å². The SMILES string of the molecule is O=C(Nc1nc(-c2ccncc2)cs1)Oc1ccccc1. The Morgan fingerprint density at radius 3 is 2.62 bits per heavy atom. The number of anilines is 1. The molecule has 6 heteroatoms. The molecular formula is C15H11N3O2S. The van der Waals surface area contributed by atoms with Gasteiger partial charge in [0.1, 0.15) is 5.75 Å². The van der Waals surface area contributed by atoms with Crippen molar-refractivity contribution in [3.63, 3.8) is 0 Å². The lowest BCUT2D eigenvalue weighted by Gasteiger charge is -2.03. The number of amides is 1. The van der Waals surface area contributed by atoms with Crippen LogP contribution < -0.4 is 10.1 Å². The number of hydrogen-bond acceptors (Lipinski definition) is 5. The van der Waals surface area contributed by atoms with Crippen LogP contribution in [-0.4, -0.2) is 16.1 Å². The Morgan fingerprint density at radius 1 is 1.10 bits per heavy atom. The Kier molecular flexibility index (Phi) is 3.88. The fourth-order valence-corrected chi connectivity index (χ4v) is 2.40. The molecule has 3 aromatic rings. The second-order valence-electron chi connectivity index (χ2n) is 4.10. The van der Waals surface area contributed by atoms with Gasteiger partial charge in [0.15, 0.2) is 5.13 Å². The van der Waals surface area contributed by atoms with E-state index in [4.69, 9.17) is 4.74 Å². The zero-order valence-electron chi connectivity index (χ0n) is 10.9. The average Bonchev–Trinajstić information content (AvgIpc) is 2.97. The molecule has 21 heavy (non-hydrogen) atoms. The van der Waals surface area contributed by atoms with Crippen LogP contribution in [0.4, 0.5) is 9.93 Å². The maximum atomic E-state index is 11.8. The third-order valence-corrected chi connectivity index (χ3v) is 3.40. The van der Waals surface area contributed by atoms with Crippen molar-refractivity contribution in [2.24, 2.45) is 0 Å². The Balaban J connectivity index is 1.66. The van der Waals surface area contributed by atoms with E-state index in [2.05, 4.69) is 15.3 Å². The number of nitrogens with one attached hydrogen (secondary N) is 1. The molecule has 104 valence electrons. The molecule has 0 spiro atoms. The van der Waals surface area contributed by atoms with E-state index < -0.39 is 6.09 Å². The van der Waals surface area contributed by atoms with Crippen LogP contribution in [-0.2, 0) is 0 Å². The van der Waals surface area contributed by atoms with Crippen LogP contribution in [0.2, 0.25) is 0 Å². The Hall–Kier alpha value is -2.73. The predicted molar refractivity (Wildman–Crippen MR) is 81.4 cm³/mol. The molecule has 0 aliphatic carbocycles. The highest BCUT2D eigenvalue weighted by Gasteiger charge is 2.09. The van der Waals surface area contributed by atoms with Gasteiger partial charge in [0, 0.05) is 23.3 Å². The molecule has 0 saturated carbocycles. The van der Waals surface area contributed by atoms with Crippen LogP contribution in [0, 0.1) is 0 Å². The quantitative estimate of drug-likeness (QED) is 0.798. The standard InChI is InChI=1S/C15H11N3O2S/c19-15(20-12-4-2-1-3-5-12)18-14-17-13(10-21-14)11-6-8-16-9-7-11/h1-10H,(H,17,18,19). The number of carbonyl (C=O) groups excluding carboxylic acids is 1. The summed E-state index contributed by atoms with van der Waals surface area (Å²) in [4.78, 5) is 20.1. The maximum Gasteiger partial charge on any atom is 0.418 e. The number of pyridine rings is 1. The van der Waals surface area contributed by atoms with E-state index in [-0.39, 0.29) is 0 Å². The minimum atomic E-state index is -0.558. The fraction of sp³-hybridized carbons (Fsp3) is 0. The van der Waals surface area contributed by atoms with Gasteiger partial charge in [-0.3, -0.25) is 10.3 Å². The van der Waals surface area contributed by atoms with Gasteiger partial charge in [-0.1, -0.05) is 18.2 Å². The zero-order valence-corrected chi connectivity index (χ0v) is 11.7. The first-order chi connectivity index (χ1) is 10.3. The number of thiazole rings is 1. The van der Waals surface area contributed by atoms with Gasteiger partial charge in [0.2, 0.25) is 0 Å². The van der Waals surface area contributed by atoms with Gasteiger partial charge in [-0.05, 0) is 24.3 Å². The van der Waals surface area contributed by atoms with E-state index in [1.165, 1.54) is 11.3 Å². The van der Waals surface area contributed by atoms with E-state index in [1.807, 2.05) is 23.6 Å². The van der Waals surface area contributed by atoms with Crippen molar-refractivity contribution in [1.82, 2.24) is 9.97 Å². The number of carbonyl (C=O) groups is 1. The fourth-order valence-electron chi connectivity index (χ4n) is 1.69. The molecule has 5 nitrogen and oxygen atoms in total. The number of hydrogen-bond donors (Lipinski definition) is 1. The third-order valence-electron chi connectivity index (χ3n) is 2.64. The minimum Gasteiger partial charge on any atom is -0.410 e. The molecule has 1 N–H and O–H groups in total. The molecule has 0 bridgehead atoms. The van der Waals surface area contributed by atoms with Gasteiger partial charge < -0.3 is 4.74 Å². The predicted octanol–water partition coefficient (Wildman–Crippen LogP) is 3.82. The highest BCUT2D eigenvalue weighted by atomic mass is 32.1. The lowest BCUT2D eigenvalue weighted by atomic mass is 10.2. The van der Waals surface area contributed by atoms with Gasteiger partial charge in [0.05, 0.1) is 5.69 Å². The summed E-state index contributed by atoms with van der Waals surface area (Å²) in [6.07, 6.45) is 2.84. The Labute approximate surface area is 125 Å². The summed E-state index contributed by atoms with van der Waals surface area (Å²) in [6, 6.07) is 12.6. The average molecular weight is 297 g/mol. The minimum absolute atomic E-state index is 0.487. The zero-order chi connectivity index (χ0) is 14.5. The highest BCUT2D eigenvalue weighted by molar-refractivity contribution is 7.14. The van der Waals surface area contributed by atoms with Gasteiger partial charge >= 0.3 is 6.09 Å². The smallest absolute Gasteiger partial charge is 0.410 e. The van der Waals surface area contributed by atoms with Gasteiger partial charge in [0.25, 0.3) is 0 Å². The number of para-hydroxylation sites is 1. The molecule has 1 aromatic carbocycles. The van der Waals surface area contributed by atoms with Crippen molar-refractivity contribution in [3.8, 4) is 17.0 Å². The molecule has 0 saturated heterocycles. The first-order valence-corrected chi connectivity index (χ1v) is 7.09. The Morgan fingerprint density at radius 2 is 1.86 bits per heavy atom. The summed E-state index contributed by atoms with van der Waals surface area (Å²) < 4.78 is 5.14. The molecule has 0 atom stereocenters. The largest absolute Gasteiger partial charge is 0.418 e. The molecule has 0 aliphatic heterocycles. The molecule has 0 aliphatic rings. The van der Waals surface area contributed by atoms with Crippen molar-refractivity contribution in [2.75, 3.05) is 5.32 Å². The summed E-state index contributed by atoms with van der Waals surface area (Å²) in [5.41, 5.74) is 1.74. The molecule has 0 radical (unpaired) electrons. The lowest BCUT2D eigenvalue weighted by molar-refractivity contribution is 0.215. The molecule has 0 unspecified atom stereocenters. The second-order valence-corrected chi connectivity index (χ2v) is 4.96. The topological polar surface area (TPSA) is 64.1 Å². The first-order valence-electron chi connectivity index (χ1n) is 6.21. The van der Waals surface area contributed by atoms with Crippen LogP contribution in [0.1, 0.15) is 0 Å². The molecule has 2 aromatic heterocycles. The van der Waals surface area contributed by atoms with Crippen molar-refractivity contribution < 1.29 is 9.53 Å². The van der Waals surface area contributed by atoms with Gasteiger partial charge in [-0.15, -0.1) is 11.3 Å². The monoisotopic (exact) mass is 297 g/mol. The van der Waals surface area contributed by atoms with Crippen molar-refractivity contribution in [1.29, 1.82) is 0 Å². The molecular weight excluding hydrogens is 286 g/mol. The van der Waals surface area contributed by atoms with Crippen molar-refractivity contribution >= 4 is 22.6 Å². The van der Waals surface area contributed by atoms with E-state index in [0.717, 1.165) is 11.3 Å². The number of nitrogens with zero attached hydrogens (tertiary/aromatic N) is 2. The van der Waals surface area contributed by atoms with Crippen LogP contribution in [0.5, 0.6) is 5.75 Å². The number of ether oxygens (including phenoxy) is 1. The first kappa shape index (κ1) is 13.3. The summed E-state index contributed by atoms with van der Waals surface area (Å²) in [7, 11) is 0. The van der Waals surface area contributed by atoms with Crippen LogP contribution >= 0.6 is 11.3 Å². The van der Waals surface area contributed by atoms with Gasteiger partial charge in [-0.2, -0.15) is 0 Å². The van der Waals surface area contributed by atoms with Crippen LogP contribution in [0.25, 0.3) is 11.3 Å². The molecule has 0 fully saturated rings. The normalized spacial score (nSPS) is 10.1. The van der Waals surface area contributed by atoms with Crippen LogP contribution in [0.3, 0.4) is 0 Å². The molecule has 2 heterocycles. The summed E-state index contributed by atoms with van der Waals surface area (Å²) >= 11 is 1.34. The van der Waals surface area contributed by atoms with E-state index in [0.29, 0.717) is 10.9 Å². The van der Waals surface area contributed by atoms with Crippen molar-refractivity contribution in [3.05, 3.63) is 60.2 Å². The third kappa shape index (κ3) is 3.43. The molecule has 3 rings (SSSR count). The Bertz CT molecular complexity index is 729. The van der Waals surface area contributed by atoms with E-state index in [1.54, 1.807) is 36.7 Å².